The number of benzene rings is 2. The predicted molar refractivity (Wildman–Crippen MR) is 101 cm³/mol. The summed E-state index contributed by atoms with van der Waals surface area (Å²) in [5.74, 6) is 0.531. The largest absolute Gasteiger partial charge is 0.484 e. The van der Waals surface area contributed by atoms with E-state index in [4.69, 9.17) is 16.3 Å². The molecule has 0 heterocycles. The van der Waals surface area contributed by atoms with E-state index in [1.54, 1.807) is 12.1 Å². The maximum absolute atomic E-state index is 12.1. The van der Waals surface area contributed by atoms with Gasteiger partial charge in [-0.25, -0.2) is 0 Å². The van der Waals surface area contributed by atoms with Gasteiger partial charge in [0, 0.05) is 11.4 Å². The van der Waals surface area contributed by atoms with Gasteiger partial charge in [0.1, 0.15) is 11.8 Å². The maximum atomic E-state index is 12.1. The molecule has 0 aliphatic heterocycles. The summed E-state index contributed by atoms with van der Waals surface area (Å²) in [7, 11) is 4.21. The van der Waals surface area contributed by atoms with Crippen molar-refractivity contribution in [1.82, 2.24) is 5.32 Å². The van der Waals surface area contributed by atoms with E-state index in [1.807, 2.05) is 31.2 Å². The summed E-state index contributed by atoms with van der Waals surface area (Å²) < 4.78 is 5.54. The minimum absolute atomic E-state index is 0.00188. The first-order chi connectivity index (χ1) is 12.0. The van der Waals surface area contributed by atoms with E-state index < -0.39 is 0 Å². The number of nitrogens with one attached hydrogen (secondary N) is 2. The van der Waals surface area contributed by atoms with Crippen molar-refractivity contribution in [2.45, 2.75) is 19.4 Å². The van der Waals surface area contributed by atoms with Crippen LogP contribution in [-0.2, 0) is 11.2 Å². The highest BCUT2D eigenvalue weighted by molar-refractivity contribution is 6.31. The van der Waals surface area contributed by atoms with Crippen molar-refractivity contribution >= 4 is 17.5 Å². The van der Waals surface area contributed by atoms with Gasteiger partial charge < -0.3 is 15.0 Å². The molecule has 0 aromatic heterocycles. The van der Waals surface area contributed by atoms with Crippen LogP contribution in [0.1, 0.15) is 11.1 Å². The van der Waals surface area contributed by atoms with Gasteiger partial charge in [0.15, 0.2) is 6.61 Å². The molecule has 0 bridgehead atoms. The number of hydrogen-bond acceptors (Lipinski definition) is 2. The monoisotopic (exact) mass is 361 g/mol. The van der Waals surface area contributed by atoms with Crippen LogP contribution in [0.3, 0.4) is 0 Å². The molecule has 2 N–H and O–H groups in total. The lowest BCUT2D eigenvalue weighted by Crippen LogP contribution is -3.11. The lowest BCUT2D eigenvalue weighted by Gasteiger charge is -2.22. The fourth-order valence-corrected chi connectivity index (χ4v) is 2.64. The molecule has 25 heavy (non-hydrogen) atoms. The Balaban J connectivity index is 1.81. The molecule has 1 atom stereocenters. The highest BCUT2D eigenvalue weighted by Gasteiger charge is 2.17. The normalized spacial score (nSPS) is 12.0. The molecular weight excluding hydrogens is 336 g/mol. The van der Waals surface area contributed by atoms with Gasteiger partial charge in [0.05, 0.1) is 20.6 Å². The third-order valence-corrected chi connectivity index (χ3v) is 4.61. The van der Waals surface area contributed by atoms with Crippen molar-refractivity contribution in [3.63, 3.8) is 0 Å². The van der Waals surface area contributed by atoms with Gasteiger partial charge in [-0.2, -0.15) is 0 Å². The molecule has 0 fully saturated rings. The van der Waals surface area contributed by atoms with E-state index in [9.17, 15) is 4.79 Å². The lowest BCUT2D eigenvalue weighted by molar-refractivity contribution is -0.884. The smallest absolute Gasteiger partial charge is 0.258 e. The average molecular weight is 362 g/mol. The van der Waals surface area contributed by atoms with Gasteiger partial charge in [0.25, 0.3) is 5.91 Å². The minimum Gasteiger partial charge on any atom is -0.484 e. The Bertz CT molecular complexity index is 689. The maximum Gasteiger partial charge on any atom is 0.258 e. The second-order valence-electron chi connectivity index (χ2n) is 6.47. The van der Waals surface area contributed by atoms with E-state index in [0.717, 1.165) is 12.0 Å². The number of aryl methyl sites for hydroxylation is 1. The van der Waals surface area contributed by atoms with E-state index in [0.29, 0.717) is 23.4 Å². The Labute approximate surface area is 154 Å². The Morgan fingerprint density at radius 1 is 1.20 bits per heavy atom. The number of carbonyl (C=O) groups excluding carboxylic acids is 1. The first kappa shape index (κ1) is 19.3. The third-order valence-electron chi connectivity index (χ3n) is 4.19. The molecule has 5 heteroatoms. The molecule has 0 saturated carbocycles. The molecule has 134 valence electrons. The van der Waals surface area contributed by atoms with E-state index in [2.05, 4.69) is 31.5 Å². The summed E-state index contributed by atoms with van der Waals surface area (Å²) in [4.78, 5) is 13.4. The molecule has 2 aromatic carbocycles. The summed E-state index contributed by atoms with van der Waals surface area (Å²) in [6, 6.07) is 16.0. The molecular formula is C20H26ClN2O2+. The number of carbonyl (C=O) groups is 1. The standard InChI is InChI=1S/C20H25ClN2O2/c1-15-11-18(9-10-19(15)21)25-14-20(24)22-13-17(23(2)3)12-16-7-5-4-6-8-16/h4-11,17H,12-14H2,1-3H3,(H,22,24)/p+1/t17-/m0/s1. The van der Waals surface area contributed by atoms with E-state index in [-0.39, 0.29) is 12.5 Å². The third kappa shape index (κ3) is 6.40. The molecule has 0 spiro atoms. The van der Waals surface area contributed by atoms with Crippen LogP contribution in [-0.4, -0.2) is 39.2 Å². The zero-order valence-electron chi connectivity index (χ0n) is 15.0. The topological polar surface area (TPSA) is 42.8 Å². The molecule has 0 aliphatic carbocycles. The van der Waals surface area contributed by atoms with Crippen molar-refractivity contribution in [3.8, 4) is 5.75 Å². The van der Waals surface area contributed by atoms with Gasteiger partial charge in [-0.05, 0) is 36.2 Å². The Hall–Kier alpha value is -2.04. The molecule has 0 aliphatic rings. The average Bonchev–Trinajstić information content (AvgIpc) is 2.60. The molecule has 2 rings (SSSR count). The highest BCUT2D eigenvalue weighted by atomic mass is 35.5. The number of amides is 1. The van der Waals surface area contributed by atoms with Crippen molar-refractivity contribution in [2.24, 2.45) is 0 Å². The van der Waals surface area contributed by atoms with Crippen LogP contribution in [0, 0.1) is 6.92 Å². The second kappa shape index (κ2) is 9.44. The fraction of sp³-hybridized carbons (Fsp3) is 0.350. The molecule has 0 unspecified atom stereocenters. The zero-order valence-corrected chi connectivity index (χ0v) is 15.8. The fourth-order valence-electron chi connectivity index (χ4n) is 2.52. The van der Waals surface area contributed by atoms with Crippen LogP contribution < -0.4 is 15.0 Å². The van der Waals surface area contributed by atoms with Crippen molar-refractivity contribution in [3.05, 3.63) is 64.7 Å². The molecule has 0 radical (unpaired) electrons. The zero-order chi connectivity index (χ0) is 18.2. The van der Waals surface area contributed by atoms with Crippen LogP contribution in [0.15, 0.2) is 48.5 Å². The van der Waals surface area contributed by atoms with Crippen molar-refractivity contribution in [1.29, 1.82) is 0 Å². The van der Waals surface area contributed by atoms with Crippen LogP contribution >= 0.6 is 11.6 Å². The Morgan fingerprint density at radius 2 is 1.92 bits per heavy atom. The number of ether oxygens (including phenoxy) is 1. The van der Waals surface area contributed by atoms with E-state index >= 15 is 0 Å². The minimum atomic E-state index is -0.119. The number of halogens is 1. The van der Waals surface area contributed by atoms with Gasteiger partial charge in [0.2, 0.25) is 0 Å². The van der Waals surface area contributed by atoms with Crippen LogP contribution in [0.25, 0.3) is 0 Å². The first-order valence-electron chi connectivity index (χ1n) is 8.45. The van der Waals surface area contributed by atoms with Gasteiger partial charge in [-0.15, -0.1) is 0 Å². The van der Waals surface area contributed by atoms with Crippen molar-refractivity contribution < 1.29 is 14.4 Å². The summed E-state index contributed by atoms with van der Waals surface area (Å²) in [6.45, 7) is 2.52. The van der Waals surface area contributed by atoms with Crippen LogP contribution in [0.2, 0.25) is 5.02 Å². The summed E-state index contributed by atoms with van der Waals surface area (Å²) in [6.07, 6.45) is 0.917. The molecule has 1 amide bonds. The van der Waals surface area contributed by atoms with E-state index in [1.165, 1.54) is 10.5 Å². The van der Waals surface area contributed by atoms with Crippen LogP contribution in [0.4, 0.5) is 0 Å². The highest BCUT2D eigenvalue weighted by Crippen LogP contribution is 2.20. The second-order valence-corrected chi connectivity index (χ2v) is 6.87. The Kier molecular flexibility index (Phi) is 7.29. The summed E-state index contributed by atoms with van der Waals surface area (Å²) in [5, 5.41) is 3.66. The molecule has 4 nitrogen and oxygen atoms in total. The van der Waals surface area contributed by atoms with Gasteiger partial charge in [-0.3, -0.25) is 4.79 Å². The van der Waals surface area contributed by atoms with Gasteiger partial charge >= 0.3 is 0 Å². The van der Waals surface area contributed by atoms with Crippen LogP contribution in [0.5, 0.6) is 5.75 Å². The number of quaternary nitrogens is 1. The number of hydrogen-bond donors (Lipinski definition) is 2. The molecule has 2 aromatic rings. The lowest BCUT2D eigenvalue weighted by atomic mass is 10.1. The SMILES string of the molecule is Cc1cc(OCC(=O)NC[C@H](Cc2ccccc2)[NH+](C)C)ccc1Cl. The number of rotatable bonds is 8. The molecule has 0 saturated heterocycles. The van der Waals surface area contributed by atoms with Gasteiger partial charge in [-0.1, -0.05) is 41.9 Å². The first-order valence-corrected chi connectivity index (χ1v) is 8.83. The quantitative estimate of drug-likeness (QED) is 0.754. The number of likely N-dealkylation sites (N-methyl/N-ethyl adjacent to an activating group) is 1. The summed E-state index contributed by atoms with van der Waals surface area (Å²) in [5.41, 5.74) is 2.20. The Morgan fingerprint density at radius 3 is 2.56 bits per heavy atom. The summed E-state index contributed by atoms with van der Waals surface area (Å²) >= 11 is 5.99. The van der Waals surface area contributed by atoms with Crippen molar-refractivity contribution in [2.75, 3.05) is 27.2 Å². The predicted octanol–water partition coefficient (Wildman–Crippen LogP) is 1.90.